The molecule has 0 spiro atoms. The Bertz CT molecular complexity index is 951. The molecule has 1 fully saturated rings. The molecular formula is C22H23ClN3O+. The number of carbonyl (C=O) groups is 1. The van der Waals surface area contributed by atoms with Gasteiger partial charge in [-0.2, -0.15) is 0 Å². The molecule has 1 saturated heterocycles. The number of rotatable bonds is 4. The summed E-state index contributed by atoms with van der Waals surface area (Å²) in [5.41, 5.74) is 1.94. The van der Waals surface area contributed by atoms with Gasteiger partial charge in [0.2, 0.25) is 0 Å². The van der Waals surface area contributed by atoms with E-state index in [1.54, 1.807) is 0 Å². The van der Waals surface area contributed by atoms with Crippen molar-refractivity contribution in [3.63, 3.8) is 0 Å². The number of benzene rings is 3. The molecular weight excluding hydrogens is 358 g/mol. The van der Waals surface area contributed by atoms with Gasteiger partial charge in [0.05, 0.1) is 36.9 Å². The summed E-state index contributed by atoms with van der Waals surface area (Å²) in [7, 11) is 0. The first-order chi connectivity index (χ1) is 13.2. The van der Waals surface area contributed by atoms with Crippen molar-refractivity contribution in [3.05, 3.63) is 71.8 Å². The van der Waals surface area contributed by atoms with Gasteiger partial charge in [-0.3, -0.25) is 4.79 Å². The first-order valence-electron chi connectivity index (χ1n) is 9.31. The quantitative estimate of drug-likeness (QED) is 0.730. The van der Waals surface area contributed by atoms with Crippen LogP contribution in [-0.4, -0.2) is 38.6 Å². The van der Waals surface area contributed by atoms with Crippen LogP contribution in [0.4, 0.5) is 11.4 Å². The number of fused-ring (bicyclic) bond motifs is 1. The molecule has 3 aromatic rings. The van der Waals surface area contributed by atoms with Crippen LogP contribution in [0.25, 0.3) is 10.8 Å². The second-order valence-corrected chi connectivity index (χ2v) is 7.38. The van der Waals surface area contributed by atoms with Gasteiger partial charge < -0.3 is 15.1 Å². The van der Waals surface area contributed by atoms with Gasteiger partial charge in [-0.1, -0.05) is 54.1 Å². The predicted octanol–water partition coefficient (Wildman–Crippen LogP) is 2.84. The van der Waals surface area contributed by atoms with Gasteiger partial charge in [0.1, 0.15) is 0 Å². The molecule has 0 aromatic heterocycles. The Morgan fingerprint density at radius 2 is 1.67 bits per heavy atom. The number of hydrogen-bond donors (Lipinski definition) is 2. The molecule has 0 saturated carbocycles. The van der Waals surface area contributed by atoms with Gasteiger partial charge >= 0.3 is 0 Å². The van der Waals surface area contributed by atoms with Crippen molar-refractivity contribution in [2.45, 2.75) is 0 Å². The van der Waals surface area contributed by atoms with Crippen molar-refractivity contribution >= 4 is 39.7 Å². The zero-order valence-electron chi connectivity index (χ0n) is 15.1. The molecule has 0 atom stereocenters. The molecule has 3 aromatic carbocycles. The Morgan fingerprint density at radius 1 is 0.963 bits per heavy atom. The molecule has 2 N–H and O–H groups in total. The Hall–Kier alpha value is -2.56. The first-order valence-corrected chi connectivity index (χ1v) is 9.68. The summed E-state index contributed by atoms with van der Waals surface area (Å²) >= 11 is 6.30. The van der Waals surface area contributed by atoms with Gasteiger partial charge in [0, 0.05) is 5.69 Å². The summed E-state index contributed by atoms with van der Waals surface area (Å²) in [5, 5.41) is 6.14. The number of para-hydroxylation sites is 1. The fourth-order valence-electron chi connectivity index (χ4n) is 3.65. The monoisotopic (exact) mass is 380 g/mol. The van der Waals surface area contributed by atoms with Crippen molar-refractivity contribution in [3.8, 4) is 0 Å². The normalized spacial score (nSPS) is 15.1. The molecule has 1 aliphatic rings. The number of nitrogens with one attached hydrogen (secondary N) is 2. The van der Waals surface area contributed by atoms with Crippen molar-refractivity contribution in [2.75, 3.05) is 42.9 Å². The van der Waals surface area contributed by atoms with Crippen molar-refractivity contribution in [2.24, 2.45) is 0 Å². The van der Waals surface area contributed by atoms with Gasteiger partial charge in [-0.25, -0.2) is 0 Å². The fraction of sp³-hybridized carbons (Fsp3) is 0.227. The minimum Gasteiger partial charge on any atom is -0.359 e. The molecule has 1 amide bonds. The Balaban J connectivity index is 1.32. The minimum atomic E-state index is 0.0616. The molecule has 4 nitrogen and oxygen atoms in total. The lowest BCUT2D eigenvalue weighted by Crippen LogP contribution is -3.15. The molecule has 1 aliphatic heterocycles. The number of carbonyl (C=O) groups excluding carboxylic acids is 1. The van der Waals surface area contributed by atoms with E-state index in [0.717, 1.165) is 48.0 Å². The molecule has 0 radical (unpaired) electrons. The number of nitrogens with zero attached hydrogens (tertiary/aromatic N) is 1. The van der Waals surface area contributed by atoms with Crippen molar-refractivity contribution in [1.82, 2.24) is 0 Å². The first kappa shape index (κ1) is 17.8. The van der Waals surface area contributed by atoms with Crippen LogP contribution in [0, 0.1) is 0 Å². The Labute approximate surface area is 164 Å². The SMILES string of the molecule is O=C(C[NH+]1CCN(c2ccccc2Cl)CC1)Nc1ccc2ccccc2c1. The molecule has 138 valence electrons. The van der Waals surface area contributed by atoms with Crippen LogP contribution in [0.5, 0.6) is 0 Å². The Morgan fingerprint density at radius 3 is 2.44 bits per heavy atom. The summed E-state index contributed by atoms with van der Waals surface area (Å²) in [4.78, 5) is 16.1. The van der Waals surface area contributed by atoms with E-state index in [-0.39, 0.29) is 5.91 Å². The molecule has 0 aliphatic carbocycles. The number of halogens is 1. The van der Waals surface area contributed by atoms with E-state index in [9.17, 15) is 4.79 Å². The highest BCUT2D eigenvalue weighted by Crippen LogP contribution is 2.24. The molecule has 1 heterocycles. The average Bonchev–Trinajstić information content (AvgIpc) is 2.69. The van der Waals surface area contributed by atoms with Crippen molar-refractivity contribution in [1.29, 1.82) is 0 Å². The van der Waals surface area contributed by atoms with Crippen LogP contribution in [-0.2, 0) is 4.79 Å². The summed E-state index contributed by atoms with van der Waals surface area (Å²) in [6, 6.07) is 22.1. The van der Waals surface area contributed by atoms with Crippen LogP contribution in [0.2, 0.25) is 5.02 Å². The summed E-state index contributed by atoms with van der Waals surface area (Å²) in [6.45, 7) is 4.15. The topological polar surface area (TPSA) is 36.8 Å². The Kier molecular flexibility index (Phi) is 5.28. The van der Waals surface area contributed by atoms with E-state index >= 15 is 0 Å². The third-order valence-electron chi connectivity index (χ3n) is 5.11. The lowest BCUT2D eigenvalue weighted by molar-refractivity contribution is -0.892. The lowest BCUT2D eigenvalue weighted by atomic mass is 10.1. The second-order valence-electron chi connectivity index (χ2n) is 6.98. The molecule has 0 bridgehead atoms. The fourth-order valence-corrected chi connectivity index (χ4v) is 3.90. The van der Waals surface area contributed by atoms with E-state index in [4.69, 9.17) is 11.6 Å². The minimum absolute atomic E-state index is 0.0616. The summed E-state index contributed by atoms with van der Waals surface area (Å²) < 4.78 is 0. The van der Waals surface area contributed by atoms with E-state index < -0.39 is 0 Å². The summed E-state index contributed by atoms with van der Waals surface area (Å²) in [5.74, 6) is 0.0616. The second kappa shape index (κ2) is 7.99. The number of piperazine rings is 1. The van der Waals surface area contributed by atoms with E-state index in [1.165, 1.54) is 10.3 Å². The molecule has 0 unspecified atom stereocenters. The maximum Gasteiger partial charge on any atom is 0.279 e. The lowest BCUT2D eigenvalue weighted by Gasteiger charge is -2.33. The van der Waals surface area contributed by atoms with E-state index in [1.807, 2.05) is 48.5 Å². The van der Waals surface area contributed by atoms with Crippen LogP contribution >= 0.6 is 11.6 Å². The zero-order chi connectivity index (χ0) is 18.6. The van der Waals surface area contributed by atoms with Crippen LogP contribution < -0.4 is 15.1 Å². The van der Waals surface area contributed by atoms with Gasteiger partial charge in [0.25, 0.3) is 5.91 Å². The molecule has 4 rings (SSSR count). The van der Waals surface area contributed by atoms with Crippen molar-refractivity contribution < 1.29 is 9.69 Å². The van der Waals surface area contributed by atoms with Gasteiger partial charge in [0.15, 0.2) is 6.54 Å². The smallest absolute Gasteiger partial charge is 0.279 e. The van der Waals surface area contributed by atoms with E-state index in [0.29, 0.717) is 6.54 Å². The number of hydrogen-bond acceptors (Lipinski definition) is 2. The van der Waals surface area contributed by atoms with E-state index in [2.05, 4.69) is 28.4 Å². The molecule has 5 heteroatoms. The highest BCUT2D eigenvalue weighted by molar-refractivity contribution is 6.33. The number of quaternary nitrogens is 1. The molecule has 27 heavy (non-hydrogen) atoms. The van der Waals surface area contributed by atoms with Gasteiger partial charge in [-0.05, 0) is 35.0 Å². The predicted molar refractivity (Wildman–Crippen MR) is 112 cm³/mol. The number of anilines is 2. The standard InChI is InChI=1S/C22H22ClN3O/c23-20-7-3-4-8-21(20)26-13-11-25(12-14-26)16-22(27)24-19-10-9-17-5-1-2-6-18(17)15-19/h1-10,15H,11-14,16H2,(H,24,27)/p+1. The summed E-state index contributed by atoms with van der Waals surface area (Å²) in [6.07, 6.45) is 0. The number of amides is 1. The largest absolute Gasteiger partial charge is 0.359 e. The van der Waals surface area contributed by atoms with Crippen LogP contribution in [0.1, 0.15) is 0 Å². The highest BCUT2D eigenvalue weighted by atomic mass is 35.5. The third-order valence-corrected chi connectivity index (χ3v) is 5.43. The van der Waals surface area contributed by atoms with Gasteiger partial charge in [-0.15, -0.1) is 0 Å². The third kappa shape index (κ3) is 4.24. The van der Waals surface area contributed by atoms with Crippen LogP contribution in [0.3, 0.4) is 0 Å². The average molecular weight is 381 g/mol. The highest BCUT2D eigenvalue weighted by Gasteiger charge is 2.23. The van der Waals surface area contributed by atoms with Crippen LogP contribution in [0.15, 0.2) is 66.7 Å². The maximum atomic E-state index is 12.5. The maximum absolute atomic E-state index is 12.5. The zero-order valence-corrected chi connectivity index (χ0v) is 15.9.